The van der Waals surface area contributed by atoms with E-state index in [9.17, 15) is 4.79 Å². The van der Waals surface area contributed by atoms with Gasteiger partial charge in [-0.15, -0.1) is 0 Å². The largest absolute Gasteiger partial charge is 0.505 e. The minimum absolute atomic E-state index is 0.126. The first-order valence-corrected chi connectivity index (χ1v) is 4.46. The van der Waals surface area contributed by atoms with Crippen LogP contribution in [0.2, 0.25) is 0 Å². The summed E-state index contributed by atoms with van der Waals surface area (Å²) < 4.78 is 9.33. The van der Waals surface area contributed by atoms with Gasteiger partial charge in [0.15, 0.2) is 0 Å². The van der Waals surface area contributed by atoms with Gasteiger partial charge < -0.3 is 19.9 Å². The highest BCUT2D eigenvalue weighted by Crippen LogP contribution is 2.14. The van der Waals surface area contributed by atoms with Crippen molar-refractivity contribution < 1.29 is 19.4 Å². The van der Waals surface area contributed by atoms with Gasteiger partial charge in [-0.2, -0.15) is 0 Å². The fourth-order valence-corrected chi connectivity index (χ4v) is 1.04. The monoisotopic (exact) mass is 211 g/mol. The van der Waals surface area contributed by atoms with Gasteiger partial charge in [0, 0.05) is 12.2 Å². The zero-order valence-corrected chi connectivity index (χ0v) is 8.40. The second-order valence-corrected chi connectivity index (χ2v) is 2.77. The third-order valence-corrected chi connectivity index (χ3v) is 1.75. The highest BCUT2D eigenvalue weighted by Gasteiger charge is 1.96. The standard InChI is InChI=1S/C10H13NO4/c1-14-9-4-2-8(3-5-9)11-6-7-15-10(12)13/h2-5,11H,6-7H2,1H3,(H,12,13). The molecule has 82 valence electrons. The fraction of sp³-hybridized carbons (Fsp3) is 0.300. The van der Waals surface area contributed by atoms with Gasteiger partial charge in [-0.05, 0) is 24.3 Å². The molecule has 0 saturated carbocycles. The van der Waals surface area contributed by atoms with Gasteiger partial charge in [-0.3, -0.25) is 0 Å². The van der Waals surface area contributed by atoms with E-state index >= 15 is 0 Å². The van der Waals surface area contributed by atoms with E-state index in [1.54, 1.807) is 7.11 Å². The van der Waals surface area contributed by atoms with E-state index in [0.717, 1.165) is 11.4 Å². The van der Waals surface area contributed by atoms with Gasteiger partial charge in [-0.1, -0.05) is 0 Å². The first-order valence-electron chi connectivity index (χ1n) is 4.46. The van der Waals surface area contributed by atoms with Crippen LogP contribution in [0.15, 0.2) is 24.3 Å². The van der Waals surface area contributed by atoms with E-state index in [2.05, 4.69) is 10.1 Å². The molecule has 1 rings (SSSR count). The van der Waals surface area contributed by atoms with Gasteiger partial charge in [0.05, 0.1) is 7.11 Å². The molecule has 0 aliphatic rings. The molecule has 0 bridgehead atoms. The topological polar surface area (TPSA) is 67.8 Å². The van der Waals surface area contributed by atoms with Crippen molar-refractivity contribution in [1.29, 1.82) is 0 Å². The number of carboxylic acid groups (broad SMARTS) is 1. The molecule has 0 heterocycles. The SMILES string of the molecule is COc1ccc(NCCOC(=O)O)cc1. The van der Waals surface area contributed by atoms with Crippen molar-refractivity contribution in [3.8, 4) is 5.75 Å². The second kappa shape index (κ2) is 5.74. The van der Waals surface area contributed by atoms with Gasteiger partial charge in [0.25, 0.3) is 0 Å². The van der Waals surface area contributed by atoms with Crippen LogP contribution in [-0.2, 0) is 4.74 Å². The van der Waals surface area contributed by atoms with Crippen molar-refractivity contribution >= 4 is 11.8 Å². The van der Waals surface area contributed by atoms with Crippen LogP contribution in [0.1, 0.15) is 0 Å². The number of rotatable bonds is 5. The third-order valence-electron chi connectivity index (χ3n) is 1.75. The van der Waals surface area contributed by atoms with Crippen LogP contribution >= 0.6 is 0 Å². The Bertz CT molecular complexity index is 310. The number of benzene rings is 1. The maximum absolute atomic E-state index is 10.0. The maximum atomic E-state index is 10.0. The maximum Gasteiger partial charge on any atom is 0.505 e. The highest BCUT2D eigenvalue weighted by molar-refractivity contribution is 5.56. The van der Waals surface area contributed by atoms with Crippen LogP contribution < -0.4 is 10.1 Å². The van der Waals surface area contributed by atoms with Crippen molar-refractivity contribution in [2.45, 2.75) is 0 Å². The number of hydrogen-bond acceptors (Lipinski definition) is 4. The van der Waals surface area contributed by atoms with Gasteiger partial charge >= 0.3 is 6.16 Å². The van der Waals surface area contributed by atoms with Crippen molar-refractivity contribution in [2.75, 3.05) is 25.6 Å². The second-order valence-electron chi connectivity index (χ2n) is 2.77. The van der Waals surface area contributed by atoms with E-state index in [4.69, 9.17) is 9.84 Å². The molecule has 0 amide bonds. The third kappa shape index (κ3) is 4.21. The molecule has 0 aliphatic carbocycles. The molecule has 0 radical (unpaired) electrons. The smallest absolute Gasteiger partial charge is 0.497 e. The lowest BCUT2D eigenvalue weighted by atomic mass is 10.3. The summed E-state index contributed by atoms with van der Waals surface area (Å²) in [5, 5.41) is 11.2. The summed E-state index contributed by atoms with van der Waals surface area (Å²) in [6.45, 7) is 0.569. The molecule has 15 heavy (non-hydrogen) atoms. The van der Waals surface area contributed by atoms with Crippen LogP contribution in [0, 0.1) is 0 Å². The number of carbonyl (C=O) groups is 1. The Kier molecular flexibility index (Phi) is 4.28. The Labute approximate surface area is 87.6 Å². The molecule has 0 aromatic heterocycles. The number of methoxy groups -OCH3 is 1. The Hall–Kier alpha value is -1.91. The normalized spacial score (nSPS) is 9.40. The van der Waals surface area contributed by atoms with Gasteiger partial charge in [-0.25, -0.2) is 4.79 Å². The Balaban J connectivity index is 2.28. The lowest BCUT2D eigenvalue weighted by molar-refractivity contribution is 0.0953. The molecule has 0 fully saturated rings. The Morgan fingerprint density at radius 3 is 2.60 bits per heavy atom. The number of ether oxygens (including phenoxy) is 2. The van der Waals surface area contributed by atoms with Crippen LogP contribution in [-0.4, -0.2) is 31.5 Å². The van der Waals surface area contributed by atoms with Crippen molar-refractivity contribution in [3.05, 3.63) is 24.3 Å². The minimum Gasteiger partial charge on any atom is -0.497 e. The van der Waals surface area contributed by atoms with Gasteiger partial charge in [0.2, 0.25) is 0 Å². The summed E-state index contributed by atoms with van der Waals surface area (Å²) in [5.41, 5.74) is 0.893. The van der Waals surface area contributed by atoms with E-state index in [1.807, 2.05) is 24.3 Å². The zero-order chi connectivity index (χ0) is 11.1. The summed E-state index contributed by atoms with van der Waals surface area (Å²) in [7, 11) is 1.60. The minimum atomic E-state index is -1.26. The molecule has 0 atom stereocenters. The lowest BCUT2D eigenvalue weighted by Gasteiger charge is -2.06. The predicted octanol–water partition coefficient (Wildman–Crippen LogP) is 1.80. The Morgan fingerprint density at radius 1 is 1.40 bits per heavy atom. The Morgan fingerprint density at radius 2 is 2.07 bits per heavy atom. The molecule has 2 N–H and O–H groups in total. The molecule has 0 unspecified atom stereocenters. The van der Waals surface area contributed by atoms with Crippen molar-refractivity contribution in [2.24, 2.45) is 0 Å². The van der Waals surface area contributed by atoms with Crippen LogP contribution in [0.4, 0.5) is 10.5 Å². The number of nitrogens with one attached hydrogen (secondary N) is 1. The van der Waals surface area contributed by atoms with Gasteiger partial charge in [0.1, 0.15) is 12.4 Å². The summed E-state index contributed by atoms with van der Waals surface area (Å²) in [4.78, 5) is 10.0. The molecular weight excluding hydrogens is 198 g/mol. The van der Waals surface area contributed by atoms with E-state index < -0.39 is 6.16 Å². The molecule has 5 nitrogen and oxygen atoms in total. The summed E-state index contributed by atoms with van der Waals surface area (Å²) in [6.07, 6.45) is -1.26. The fourth-order valence-electron chi connectivity index (χ4n) is 1.04. The molecule has 0 aliphatic heterocycles. The number of hydrogen-bond donors (Lipinski definition) is 2. The molecule has 0 saturated heterocycles. The quantitative estimate of drug-likeness (QED) is 0.574. The average molecular weight is 211 g/mol. The molecule has 1 aromatic rings. The van der Waals surface area contributed by atoms with E-state index in [1.165, 1.54) is 0 Å². The van der Waals surface area contributed by atoms with Crippen LogP contribution in [0.3, 0.4) is 0 Å². The van der Waals surface area contributed by atoms with Crippen molar-refractivity contribution in [3.63, 3.8) is 0 Å². The molecule has 0 spiro atoms. The predicted molar refractivity (Wildman–Crippen MR) is 55.5 cm³/mol. The van der Waals surface area contributed by atoms with Crippen molar-refractivity contribution in [1.82, 2.24) is 0 Å². The zero-order valence-electron chi connectivity index (χ0n) is 8.40. The lowest BCUT2D eigenvalue weighted by Crippen LogP contribution is -2.12. The first kappa shape index (κ1) is 11.2. The summed E-state index contributed by atoms with van der Waals surface area (Å²) >= 11 is 0. The van der Waals surface area contributed by atoms with Crippen LogP contribution in [0.25, 0.3) is 0 Å². The molecular formula is C10H13NO4. The van der Waals surface area contributed by atoms with E-state index in [0.29, 0.717) is 6.54 Å². The highest BCUT2D eigenvalue weighted by atomic mass is 16.7. The first-order chi connectivity index (χ1) is 7.22. The summed E-state index contributed by atoms with van der Waals surface area (Å²) in [5.74, 6) is 0.780. The molecule has 1 aromatic carbocycles. The molecule has 5 heteroatoms. The number of anilines is 1. The van der Waals surface area contributed by atoms with Crippen LogP contribution in [0.5, 0.6) is 5.75 Å². The average Bonchev–Trinajstić information content (AvgIpc) is 2.25. The summed E-state index contributed by atoms with van der Waals surface area (Å²) in [6, 6.07) is 7.33. The van der Waals surface area contributed by atoms with E-state index in [-0.39, 0.29) is 6.61 Å².